The van der Waals surface area contributed by atoms with Crippen LogP contribution in [-0.4, -0.2) is 21.9 Å². The van der Waals surface area contributed by atoms with Gasteiger partial charge in [-0.25, -0.2) is 0 Å². The monoisotopic (exact) mass is 214 g/mol. The van der Waals surface area contributed by atoms with Gasteiger partial charge < -0.3 is 10.5 Å². The third-order valence-electron chi connectivity index (χ3n) is 1.80. The van der Waals surface area contributed by atoms with Gasteiger partial charge in [0.15, 0.2) is 5.65 Å². The summed E-state index contributed by atoms with van der Waals surface area (Å²) in [6.45, 7) is 0. The van der Waals surface area contributed by atoms with E-state index in [4.69, 9.17) is 10.5 Å². The predicted molar refractivity (Wildman–Crippen MR) is 56.7 cm³/mol. The highest BCUT2D eigenvalue weighted by Crippen LogP contribution is 2.22. The third kappa shape index (κ3) is 1.58. The summed E-state index contributed by atoms with van der Waals surface area (Å²) in [4.78, 5) is 4.13. The molecule has 0 fully saturated rings. The van der Waals surface area contributed by atoms with Crippen LogP contribution in [0.2, 0.25) is 0 Å². The van der Waals surface area contributed by atoms with E-state index in [9.17, 15) is 0 Å². The van der Waals surface area contributed by atoms with Crippen LogP contribution >= 0.6 is 12.4 Å². The second kappa shape index (κ2) is 3.71. The Morgan fingerprint density at radius 1 is 1.50 bits per heavy atom. The number of methoxy groups -OCH3 is 1. The number of hydrogen-bond acceptors (Lipinski definition) is 4. The topological polar surface area (TPSA) is 66.0 Å². The third-order valence-corrected chi connectivity index (χ3v) is 1.80. The molecule has 0 amide bonds. The smallest absolute Gasteiger partial charge is 0.239 e. The van der Waals surface area contributed by atoms with Gasteiger partial charge in [-0.05, 0) is 6.07 Å². The van der Waals surface area contributed by atoms with E-state index >= 15 is 0 Å². The summed E-state index contributed by atoms with van der Waals surface area (Å²) in [5.74, 6) is 0.422. The van der Waals surface area contributed by atoms with Crippen molar-refractivity contribution in [3.8, 4) is 5.88 Å². The molecule has 0 saturated carbocycles. The molecule has 0 aromatic carbocycles. The van der Waals surface area contributed by atoms with Crippen LogP contribution in [0.5, 0.6) is 5.88 Å². The number of pyridine rings is 1. The lowest BCUT2D eigenvalue weighted by atomic mass is 10.3. The van der Waals surface area contributed by atoms with Gasteiger partial charge in [0.25, 0.3) is 0 Å². The van der Waals surface area contributed by atoms with Crippen LogP contribution in [0.15, 0.2) is 12.3 Å². The molecule has 2 heterocycles. The molecule has 0 saturated heterocycles. The number of nitrogens with zero attached hydrogens (tertiary/aromatic N) is 3. The minimum atomic E-state index is 0. The lowest BCUT2D eigenvalue weighted by Crippen LogP contribution is -1.95. The number of ether oxygens (including phenoxy) is 1. The summed E-state index contributed by atoms with van der Waals surface area (Å²) in [7, 11) is 3.37. The van der Waals surface area contributed by atoms with Crippen LogP contribution in [0, 0.1) is 0 Å². The predicted octanol–water partition coefficient (Wildman–Crippen LogP) is 0.981. The van der Waals surface area contributed by atoms with Crippen LogP contribution in [0.4, 0.5) is 5.69 Å². The van der Waals surface area contributed by atoms with Crippen molar-refractivity contribution < 1.29 is 4.74 Å². The molecule has 2 aromatic rings. The Labute approximate surface area is 87.3 Å². The Hall–Kier alpha value is -1.49. The molecule has 76 valence electrons. The molecule has 5 nitrogen and oxygen atoms in total. The number of aryl methyl sites for hydroxylation is 1. The fraction of sp³-hybridized carbons (Fsp3) is 0.250. The Kier molecular flexibility index (Phi) is 2.81. The number of hydrogen-bond donors (Lipinski definition) is 1. The molecule has 0 spiro atoms. The van der Waals surface area contributed by atoms with Crippen molar-refractivity contribution in [3.63, 3.8) is 0 Å². The van der Waals surface area contributed by atoms with Gasteiger partial charge in [-0.2, -0.15) is 10.1 Å². The highest BCUT2D eigenvalue weighted by molar-refractivity contribution is 5.85. The van der Waals surface area contributed by atoms with E-state index < -0.39 is 0 Å². The molecule has 0 radical (unpaired) electrons. The quantitative estimate of drug-likeness (QED) is 0.769. The van der Waals surface area contributed by atoms with Crippen LogP contribution < -0.4 is 10.5 Å². The minimum absolute atomic E-state index is 0. The molecule has 0 aliphatic rings. The van der Waals surface area contributed by atoms with Gasteiger partial charge in [0.05, 0.1) is 12.8 Å². The maximum absolute atomic E-state index is 5.68. The first-order valence-electron chi connectivity index (χ1n) is 3.84. The fourth-order valence-corrected chi connectivity index (χ4v) is 1.24. The molecule has 2 N–H and O–H groups in total. The van der Waals surface area contributed by atoms with Gasteiger partial charge in [-0.3, -0.25) is 4.68 Å². The normalized spacial score (nSPS) is 9.86. The minimum Gasteiger partial charge on any atom is -0.479 e. The van der Waals surface area contributed by atoms with E-state index in [2.05, 4.69) is 10.1 Å². The highest BCUT2D eigenvalue weighted by Gasteiger charge is 2.06. The number of fused-ring (bicyclic) bond motifs is 1. The molecular weight excluding hydrogens is 204 g/mol. The van der Waals surface area contributed by atoms with E-state index in [1.54, 1.807) is 10.7 Å². The van der Waals surface area contributed by atoms with Crippen LogP contribution in [0.3, 0.4) is 0 Å². The molecule has 2 aromatic heterocycles. The molecule has 0 aliphatic carbocycles. The van der Waals surface area contributed by atoms with Crippen LogP contribution in [0.1, 0.15) is 0 Å². The lowest BCUT2D eigenvalue weighted by molar-refractivity contribution is 0.401. The summed E-state index contributed by atoms with van der Waals surface area (Å²) < 4.78 is 6.67. The van der Waals surface area contributed by atoms with E-state index in [1.165, 1.54) is 7.11 Å². The van der Waals surface area contributed by atoms with Gasteiger partial charge >= 0.3 is 0 Å². The molecule has 0 aliphatic heterocycles. The molecule has 6 heteroatoms. The number of rotatable bonds is 1. The van der Waals surface area contributed by atoms with E-state index in [0.29, 0.717) is 17.2 Å². The van der Waals surface area contributed by atoms with Gasteiger partial charge in [0.2, 0.25) is 5.88 Å². The Morgan fingerprint density at radius 3 is 2.86 bits per heavy atom. The maximum Gasteiger partial charge on any atom is 0.239 e. The number of nitrogens with two attached hydrogens (primary N) is 1. The second-order valence-electron chi connectivity index (χ2n) is 2.80. The summed E-state index contributed by atoms with van der Waals surface area (Å²) in [5.41, 5.74) is 6.86. The fourth-order valence-electron chi connectivity index (χ4n) is 1.24. The number of aromatic nitrogens is 3. The summed E-state index contributed by atoms with van der Waals surface area (Å²) in [5, 5.41) is 5.05. The lowest BCUT2D eigenvalue weighted by Gasteiger charge is -2.00. The van der Waals surface area contributed by atoms with Crippen LogP contribution in [-0.2, 0) is 7.05 Å². The van der Waals surface area contributed by atoms with E-state index in [1.807, 2.05) is 13.2 Å². The van der Waals surface area contributed by atoms with Gasteiger partial charge in [0, 0.05) is 18.6 Å². The van der Waals surface area contributed by atoms with Crippen molar-refractivity contribution in [2.24, 2.45) is 7.05 Å². The average molecular weight is 215 g/mol. The number of anilines is 1. The van der Waals surface area contributed by atoms with Crippen molar-refractivity contribution in [2.45, 2.75) is 0 Å². The zero-order valence-corrected chi connectivity index (χ0v) is 8.71. The van der Waals surface area contributed by atoms with Gasteiger partial charge in [0.1, 0.15) is 0 Å². The van der Waals surface area contributed by atoms with Crippen molar-refractivity contribution in [1.29, 1.82) is 0 Å². The Morgan fingerprint density at radius 2 is 2.21 bits per heavy atom. The van der Waals surface area contributed by atoms with Crippen LogP contribution in [0.25, 0.3) is 11.0 Å². The molecule has 14 heavy (non-hydrogen) atoms. The van der Waals surface area contributed by atoms with Crippen molar-refractivity contribution in [3.05, 3.63) is 12.3 Å². The zero-order chi connectivity index (χ0) is 9.42. The molecule has 0 unspecified atom stereocenters. The van der Waals surface area contributed by atoms with Gasteiger partial charge in [-0.15, -0.1) is 12.4 Å². The van der Waals surface area contributed by atoms with Crippen molar-refractivity contribution in [2.75, 3.05) is 12.8 Å². The first-order valence-corrected chi connectivity index (χ1v) is 3.84. The summed E-state index contributed by atoms with van der Waals surface area (Å²) in [6, 6.07) is 1.80. The maximum atomic E-state index is 5.68. The first-order chi connectivity index (χ1) is 6.20. The Bertz CT molecular complexity index is 454. The van der Waals surface area contributed by atoms with E-state index in [-0.39, 0.29) is 12.4 Å². The van der Waals surface area contributed by atoms with Crippen molar-refractivity contribution in [1.82, 2.24) is 14.8 Å². The summed E-state index contributed by atoms with van der Waals surface area (Å²) >= 11 is 0. The molecule has 2 rings (SSSR count). The molecule has 0 atom stereocenters. The van der Waals surface area contributed by atoms with E-state index in [0.717, 1.165) is 5.39 Å². The zero-order valence-electron chi connectivity index (χ0n) is 7.89. The standard InChI is InChI=1S/C8H10N4O.ClH/c1-12-4-5-3-6(9)8(13-2)10-7(5)11-12;/h3-4H,9H2,1-2H3;1H. The number of halogens is 1. The Balaban J connectivity index is 0.000000980. The molecule has 0 bridgehead atoms. The first kappa shape index (κ1) is 10.6. The second-order valence-corrected chi connectivity index (χ2v) is 2.80. The molecular formula is C8H11ClN4O. The highest BCUT2D eigenvalue weighted by atomic mass is 35.5. The largest absolute Gasteiger partial charge is 0.479 e. The summed E-state index contributed by atoms with van der Waals surface area (Å²) in [6.07, 6.45) is 1.86. The number of nitrogen functional groups attached to an aromatic ring is 1. The average Bonchev–Trinajstić information content (AvgIpc) is 2.42. The SMILES string of the molecule is COc1nc2nn(C)cc2cc1N.Cl. The van der Waals surface area contributed by atoms with Crippen molar-refractivity contribution >= 4 is 29.1 Å². The van der Waals surface area contributed by atoms with Gasteiger partial charge in [-0.1, -0.05) is 0 Å².